The number of benzene rings is 2. The number of carboxylic acids is 3. The molecule has 1 saturated heterocycles. The summed E-state index contributed by atoms with van der Waals surface area (Å²) < 4.78 is 76.7. The minimum Gasteiger partial charge on any atom is -0.481 e. The number of carbonyl (C=O) groups is 5. The molecule has 2 amide bonds. The molecule has 1 unspecified atom stereocenters. The topological polar surface area (TPSA) is 223 Å². The van der Waals surface area contributed by atoms with Gasteiger partial charge in [-0.2, -0.15) is 26.3 Å². The van der Waals surface area contributed by atoms with Crippen LogP contribution < -0.4 is 16.4 Å². The molecule has 2 aromatic carbocycles. The van der Waals surface area contributed by atoms with Crippen molar-refractivity contribution in [3.05, 3.63) is 71.0 Å². The molecule has 1 fully saturated rings. The Morgan fingerprint density at radius 2 is 1.38 bits per heavy atom. The van der Waals surface area contributed by atoms with Crippen molar-refractivity contribution >= 4 is 35.6 Å². The van der Waals surface area contributed by atoms with Crippen LogP contribution >= 0.6 is 0 Å². The molecule has 0 spiro atoms. The van der Waals surface area contributed by atoms with Gasteiger partial charge in [0.15, 0.2) is 0 Å². The standard InChI is InChI=1S/C26H32FN5O4.2C2HF3O2/c1-16(25(35)30-14-18-2-6-20(7-3-18)24(28)29)31-26(36)22-13-19(15-32(22)11-10-23(33)34)12-17-4-8-21(27)9-5-17;2*3-2(4,5)1(6)7/h2-9,16,19,22H,10-15H2,1H3,(H3,28,29)(H,30,35)(H,31,36)(H,33,34);2*(H,6,7)/t16?,19-,22+;;/m0../s1. The van der Waals surface area contributed by atoms with Crippen molar-refractivity contribution in [2.24, 2.45) is 11.7 Å². The van der Waals surface area contributed by atoms with Gasteiger partial charge in [-0.25, -0.2) is 14.0 Å². The number of nitrogens with two attached hydrogens (primary N) is 1. The highest BCUT2D eigenvalue weighted by Gasteiger charge is 2.39. The van der Waals surface area contributed by atoms with Crippen molar-refractivity contribution in [3.63, 3.8) is 0 Å². The molecular formula is C30H34F7N5O8. The number of rotatable bonds is 11. The molecular weight excluding hydrogens is 691 g/mol. The Hall–Kier alpha value is -5.27. The number of amides is 2. The van der Waals surface area contributed by atoms with Gasteiger partial charge in [-0.15, -0.1) is 0 Å². The van der Waals surface area contributed by atoms with Gasteiger partial charge < -0.3 is 31.7 Å². The lowest BCUT2D eigenvalue weighted by Crippen LogP contribution is -2.51. The Labute approximate surface area is 279 Å². The van der Waals surface area contributed by atoms with Gasteiger partial charge >= 0.3 is 30.3 Å². The zero-order valence-electron chi connectivity index (χ0n) is 26.1. The van der Waals surface area contributed by atoms with Gasteiger partial charge in [-0.1, -0.05) is 36.4 Å². The molecule has 0 aromatic heterocycles. The predicted molar refractivity (Wildman–Crippen MR) is 160 cm³/mol. The smallest absolute Gasteiger partial charge is 0.481 e. The van der Waals surface area contributed by atoms with Crippen LogP contribution in [0.25, 0.3) is 0 Å². The van der Waals surface area contributed by atoms with E-state index in [-0.39, 0.29) is 48.9 Å². The first-order valence-electron chi connectivity index (χ1n) is 14.3. The third kappa shape index (κ3) is 15.8. The number of hydrogen-bond acceptors (Lipinski definition) is 7. The first-order chi connectivity index (χ1) is 23.0. The molecule has 1 aliphatic rings. The van der Waals surface area contributed by atoms with Crippen molar-refractivity contribution in [2.75, 3.05) is 13.1 Å². The van der Waals surface area contributed by atoms with E-state index in [0.29, 0.717) is 24.9 Å². The number of amidine groups is 1. The van der Waals surface area contributed by atoms with Gasteiger partial charge in [0.1, 0.15) is 17.7 Å². The number of likely N-dealkylation sites (tertiary alicyclic amines) is 1. The second-order valence-corrected chi connectivity index (χ2v) is 10.8. The molecule has 276 valence electrons. The van der Waals surface area contributed by atoms with Crippen LogP contribution in [-0.2, 0) is 36.9 Å². The maximum Gasteiger partial charge on any atom is 0.490 e. The van der Waals surface area contributed by atoms with Crippen LogP contribution in [0.5, 0.6) is 0 Å². The number of aliphatic carboxylic acids is 3. The predicted octanol–water partition coefficient (Wildman–Crippen LogP) is 2.91. The van der Waals surface area contributed by atoms with E-state index in [1.807, 2.05) is 4.90 Å². The van der Waals surface area contributed by atoms with Gasteiger partial charge in [0.05, 0.1) is 12.5 Å². The van der Waals surface area contributed by atoms with E-state index in [1.165, 1.54) is 12.1 Å². The van der Waals surface area contributed by atoms with Gasteiger partial charge in [-0.05, 0) is 48.9 Å². The van der Waals surface area contributed by atoms with Crippen LogP contribution in [0.2, 0.25) is 0 Å². The van der Waals surface area contributed by atoms with Crippen molar-refractivity contribution in [1.82, 2.24) is 15.5 Å². The van der Waals surface area contributed by atoms with Gasteiger partial charge in [0.25, 0.3) is 0 Å². The maximum absolute atomic E-state index is 13.2. The number of alkyl halides is 6. The molecule has 20 heteroatoms. The fraction of sp³-hybridized carbons (Fsp3) is 0.400. The third-order valence-corrected chi connectivity index (χ3v) is 6.81. The van der Waals surface area contributed by atoms with Crippen LogP contribution in [0.4, 0.5) is 30.7 Å². The van der Waals surface area contributed by atoms with Gasteiger partial charge in [0.2, 0.25) is 11.8 Å². The van der Waals surface area contributed by atoms with Gasteiger partial charge in [-0.3, -0.25) is 24.7 Å². The normalized spacial score (nSPS) is 16.4. The first kappa shape index (κ1) is 42.8. The Balaban J connectivity index is 0.000000748. The summed E-state index contributed by atoms with van der Waals surface area (Å²) in [5.74, 6) is -7.38. The summed E-state index contributed by atoms with van der Waals surface area (Å²) in [7, 11) is 0. The van der Waals surface area contributed by atoms with Crippen LogP contribution in [0.3, 0.4) is 0 Å². The molecule has 1 aliphatic heterocycles. The molecule has 0 saturated carbocycles. The number of nitrogens with zero attached hydrogens (tertiary/aromatic N) is 1. The fourth-order valence-electron chi connectivity index (χ4n) is 4.38. The van der Waals surface area contributed by atoms with E-state index in [1.54, 1.807) is 43.3 Å². The number of halogens is 7. The summed E-state index contributed by atoms with van der Waals surface area (Å²) in [5.41, 5.74) is 7.81. The van der Waals surface area contributed by atoms with Crippen molar-refractivity contribution in [1.29, 1.82) is 5.41 Å². The summed E-state index contributed by atoms with van der Waals surface area (Å²) >= 11 is 0. The summed E-state index contributed by atoms with van der Waals surface area (Å²) in [5, 5.41) is 36.3. The highest BCUT2D eigenvalue weighted by atomic mass is 19.4. The minimum atomic E-state index is -5.08. The lowest BCUT2D eigenvalue weighted by molar-refractivity contribution is -0.193. The number of nitrogens with one attached hydrogen (secondary N) is 3. The van der Waals surface area contributed by atoms with E-state index in [4.69, 9.17) is 36.1 Å². The van der Waals surface area contributed by atoms with E-state index >= 15 is 0 Å². The van der Waals surface area contributed by atoms with E-state index < -0.39 is 42.3 Å². The number of hydrogen-bond donors (Lipinski definition) is 7. The summed E-state index contributed by atoms with van der Waals surface area (Å²) in [6.45, 7) is 2.62. The molecule has 3 rings (SSSR count). The summed E-state index contributed by atoms with van der Waals surface area (Å²) in [4.78, 5) is 56.4. The second kappa shape index (κ2) is 19.1. The van der Waals surface area contributed by atoms with Crippen LogP contribution in [-0.4, -0.2) is 93.3 Å². The highest BCUT2D eigenvalue weighted by molar-refractivity contribution is 5.95. The molecule has 2 aromatic rings. The number of nitrogen functional groups attached to an aromatic ring is 1. The zero-order valence-corrected chi connectivity index (χ0v) is 26.1. The Bertz CT molecular complexity index is 1460. The van der Waals surface area contributed by atoms with Crippen molar-refractivity contribution in [2.45, 2.75) is 57.2 Å². The summed E-state index contributed by atoms with van der Waals surface area (Å²) in [6.07, 6.45) is -9.10. The number of carboxylic acid groups (broad SMARTS) is 3. The Morgan fingerprint density at radius 3 is 1.82 bits per heavy atom. The Kier molecular flexibility index (Phi) is 16.3. The fourth-order valence-corrected chi connectivity index (χ4v) is 4.38. The lowest BCUT2D eigenvalue weighted by atomic mass is 9.96. The van der Waals surface area contributed by atoms with Crippen LogP contribution in [0, 0.1) is 17.1 Å². The second-order valence-electron chi connectivity index (χ2n) is 10.8. The number of carbonyl (C=O) groups excluding carboxylic acids is 2. The van der Waals surface area contributed by atoms with Crippen LogP contribution in [0.1, 0.15) is 36.5 Å². The molecule has 0 radical (unpaired) electrons. The lowest BCUT2D eigenvalue weighted by Gasteiger charge is -2.24. The van der Waals surface area contributed by atoms with E-state index in [2.05, 4.69) is 10.6 Å². The molecule has 13 nitrogen and oxygen atoms in total. The van der Waals surface area contributed by atoms with Crippen molar-refractivity contribution < 1.29 is 70.0 Å². The van der Waals surface area contributed by atoms with Crippen molar-refractivity contribution in [3.8, 4) is 0 Å². The molecule has 0 aliphatic carbocycles. The first-order valence-corrected chi connectivity index (χ1v) is 14.3. The molecule has 50 heavy (non-hydrogen) atoms. The maximum atomic E-state index is 13.2. The monoisotopic (exact) mass is 725 g/mol. The largest absolute Gasteiger partial charge is 0.490 e. The molecule has 3 atom stereocenters. The molecule has 8 N–H and O–H groups in total. The molecule has 1 heterocycles. The average Bonchev–Trinajstić information content (AvgIpc) is 3.42. The third-order valence-electron chi connectivity index (χ3n) is 6.81. The average molecular weight is 726 g/mol. The minimum absolute atomic E-state index is 0.0360. The quantitative estimate of drug-likeness (QED) is 0.102. The van der Waals surface area contributed by atoms with Crippen LogP contribution in [0.15, 0.2) is 48.5 Å². The molecule has 0 bridgehead atoms. The Morgan fingerprint density at radius 1 is 0.900 bits per heavy atom. The van der Waals surface area contributed by atoms with E-state index in [0.717, 1.165) is 11.1 Å². The zero-order chi connectivity index (χ0) is 38.4. The van der Waals surface area contributed by atoms with Gasteiger partial charge in [0, 0.05) is 25.2 Å². The van der Waals surface area contributed by atoms with E-state index in [9.17, 15) is 45.1 Å². The highest BCUT2D eigenvalue weighted by Crippen LogP contribution is 2.27. The SMILES string of the molecule is CC(NC(=O)[C@H]1C[C@H](Cc2ccc(F)cc2)CN1CCC(=O)O)C(=O)NCc1ccc(C(=N)N)cc1.O=C(O)C(F)(F)F.O=C(O)C(F)(F)F. The summed E-state index contributed by atoms with van der Waals surface area (Å²) in [6, 6.07) is 11.8.